The maximum absolute atomic E-state index is 12.5. The zero-order valence-corrected chi connectivity index (χ0v) is 12.0. The molecule has 0 spiro atoms. The van der Waals surface area contributed by atoms with Gasteiger partial charge in [-0.25, -0.2) is 0 Å². The van der Waals surface area contributed by atoms with Gasteiger partial charge in [-0.2, -0.15) is 5.26 Å². The van der Waals surface area contributed by atoms with Crippen LogP contribution in [0.15, 0.2) is 30.3 Å². The summed E-state index contributed by atoms with van der Waals surface area (Å²) < 4.78 is 4.80. The second-order valence-electron chi connectivity index (χ2n) is 5.05. The highest BCUT2D eigenvalue weighted by molar-refractivity contribution is 5.90. The predicted molar refractivity (Wildman–Crippen MR) is 76.1 cm³/mol. The van der Waals surface area contributed by atoms with E-state index in [2.05, 4.69) is 0 Å². The number of ether oxygens (including phenoxy) is 1. The van der Waals surface area contributed by atoms with Crippen LogP contribution in [0.4, 0.5) is 0 Å². The van der Waals surface area contributed by atoms with Crippen LogP contribution in [0.1, 0.15) is 24.3 Å². The Morgan fingerprint density at radius 2 is 1.86 bits per heavy atom. The average molecular weight is 286 g/mol. The number of carbonyl (C=O) groups excluding carboxylic acids is 2. The van der Waals surface area contributed by atoms with Gasteiger partial charge in [0.2, 0.25) is 5.91 Å². The van der Waals surface area contributed by atoms with E-state index in [1.807, 2.05) is 12.1 Å². The first kappa shape index (κ1) is 15.0. The van der Waals surface area contributed by atoms with Crippen LogP contribution in [0.3, 0.4) is 0 Å². The summed E-state index contributed by atoms with van der Waals surface area (Å²) in [5, 5.41) is 9.43. The van der Waals surface area contributed by atoms with Gasteiger partial charge in [0, 0.05) is 13.1 Å². The smallest absolute Gasteiger partial charge is 0.315 e. The highest BCUT2D eigenvalue weighted by atomic mass is 16.5. The number of esters is 1. The molecule has 1 amide bonds. The summed E-state index contributed by atoms with van der Waals surface area (Å²) in [6.07, 6.45) is 1.89. The number of hydrogen-bond acceptors (Lipinski definition) is 4. The molecule has 5 nitrogen and oxygen atoms in total. The van der Waals surface area contributed by atoms with Gasteiger partial charge in [0.25, 0.3) is 0 Å². The fraction of sp³-hybridized carbons (Fsp3) is 0.438. The zero-order valence-electron chi connectivity index (χ0n) is 12.0. The maximum atomic E-state index is 12.5. The molecule has 2 atom stereocenters. The Balaban J connectivity index is 2.32. The minimum absolute atomic E-state index is 0.283. The molecule has 1 heterocycles. The monoisotopic (exact) mass is 286 g/mol. The molecular weight excluding hydrogens is 268 g/mol. The molecule has 0 bridgehead atoms. The maximum Gasteiger partial charge on any atom is 0.315 e. The summed E-state index contributed by atoms with van der Waals surface area (Å²) in [5.41, 5.74) is 0.628. The molecule has 5 heteroatoms. The summed E-state index contributed by atoms with van der Waals surface area (Å²) in [5.74, 6) is -2.76. The SMILES string of the molecule is COC(=O)C(c1ccccc1)C(C#N)C(=O)N1CCCC1. The average Bonchev–Trinajstić information content (AvgIpc) is 3.06. The predicted octanol–water partition coefficient (Wildman–Crippen LogP) is 1.71. The highest BCUT2D eigenvalue weighted by Crippen LogP contribution is 2.28. The number of methoxy groups -OCH3 is 1. The van der Waals surface area contributed by atoms with E-state index in [4.69, 9.17) is 4.74 Å². The molecule has 21 heavy (non-hydrogen) atoms. The van der Waals surface area contributed by atoms with E-state index in [9.17, 15) is 14.9 Å². The third-order valence-electron chi connectivity index (χ3n) is 3.77. The number of benzene rings is 1. The van der Waals surface area contributed by atoms with Gasteiger partial charge in [0.15, 0.2) is 0 Å². The van der Waals surface area contributed by atoms with E-state index >= 15 is 0 Å². The Bertz CT molecular complexity index is 544. The second kappa shape index (κ2) is 6.89. The third kappa shape index (κ3) is 3.22. The number of nitriles is 1. The van der Waals surface area contributed by atoms with Gasteiger partial charge in [-0.1, -0.05) is 30.3 Å². The number of amides is 1. The minimum atomic E-state index is -1.04. The minimum Gasteiger partial charge on any atom is -0.469 e. The van der Waals surface area contributed by atoms with Gasteiger partial charge < -0.3 is 9.64 Å². The summed E-state index contributed by atoms with van der Waals surface area (Å²) in [7, 11) is 1.27. The number of rotatable bonds is 4. The van der Waals surface area contributed by atoms with E-state index < -0.39 is 17.8 Å². The molecule has 1 fully saturated rings. The number of likely N-dealkylation sites (tertiary alicyclic amines) is 1. The number of nitrogens with zero attached hydrogens (tertiary/aromatic N) is 2. The molecule has 0 radical (unpaired) electrons. The fourth-order valence-corrected chi connectivity index (χ4v) is 2.66. The number of hydrogen-bond donors (Lipinski definition) is 0. The van der Waals surface area contributed by atoms with Crippen LogP contribution in [-0.4, -0.2) is 37.0 Å². The van der Waals surface area contributed by atoms with Gasteiger partial charge in [0.05, 0.1) is 13.2 Å². The van der Waals surface area contributed by atoms with Crippen LogP contribution in [0.5, 0.6) is 0 Å². The van der Waals surface area contributed by atoms with Crippen LogP contribution in [0, 0.1) is 17.2 Å². The molecule has 1 saturated heterocycles. The summed E-state index contributed by atoms with van der Waals surface area (Å²) >= 11 is 0. The first-order chi connectivity index (χ1) is 10.2. The summed E-state index contributed by atoms with van der Waals surface area (Å²) in [6.45, 7) is 1.30. The largest absolute Gasteiger partial charge is 0.469 e. The van der Waals surface area contributed by atoms with Crippen molar-refractivity contribution in [2.75, 3.05) is 20.2 Å². The highest BCUT2D eigenvalue weighted by Gasteiger charge is 2.38. The van der Waals surface area contributed by atoms with Crippen molar-refractivity contribution < 1.29 is 14.3 Å². The lowest BCUT2D eigenvalue weighted by Gasteiger charge is -2.24. The van der Waals surface area contributed by atoms with Crippen molar-refractivity contribution in [3.8, 4) is 6.07 Å². The fourth-order valence-electron chi connectivity index (χ4n) is 2.66. The van der Waals surface area contributed by atoms with Crippen molar-refractivity contribution >= 4 is 11.9 Å². The molecule has 2 rings (SSSR count). The first-order valence-corrected chi connectivity index (χ1v) is 7.00. The molecule has 0 aromatic heterocycles. The zero-order chi connectivity index (χ0) is 15.2. The van der Waals surface area contributed by atoms with Gasteiger partial charge in [0.1, 0.15) is 11.8 Å². The first-order valence-electron chi connectivity index (χ1n) is 7.00. The van der Waals surface area contributed by atoms with Crippen LogP contribution in [-0.2, 0) is 14.3 Å². The molecule has 110 valence electrons. The lowest BCUT2D eigenvalue weighted by atomic mass is 9.86. The Morgan fingerprint density at radius 1 is 1.24 bits per heavy atom. The lowest BCUT2D eigenvalue weighted by Crippen LogP contribution is -2.38. The van der Waals surface area contributed by atoms with Crippen molar-refractivity contribution in [1.29, 1.82) is 5.26 Å². The molecule has 1 aliphatic heterocycles. The standard InChI is InChI=1S/C16H18N2O3/c1-21-16(20)14(12-7-3-2-4-8-12)13(11-17)15(19)18-9-5-6-10-18/h2-4,7-8,13-14H,5-6,9-10H2,1H3. The van der Waals surface area contributed by atoms with Crippen molar-refractivity contribution in [2.45, 2.75) is 18.8 Å². The van der Waals surface area contributed by atoms with Gasteiger partial charge in [-0.05, 0) is 18.4 Å². The topological polar surface area (TPSA) is 70.4 Å². The van der Waals surface area contributed by atoms with Crippen LogP contribution in [0.25, 0.3) is 0 Å². The van der Waals surface area contributed by atoms with Gasteiger partial charge in [-0.3, -0.25) is 9.59 Å². The molecule has 0 N–H and O–H groups in total. The number of carbonyl (C=O) groups is 2. The quantitative estimate of drug-likeness (QED) is 0.790. The van der Waals surface area contributed by atoms with Crippen LogP contribution >= 0.6 is 0 Å². The lowest BCUT2D eigenvalue weighted by molar-refractivity contribution is -0.147. The molecule has 1 aromatic rings. The van der Waals surface area contributed by atoms with Crippen molar-refractivity contribution in [2.24, 2.45) is 5.92 Å². The van der Waals surface area contributed by atoms with Crippen molar-refractivity contribution in [1.82, 2.24) is 4.90 Å². The van der Waals surface area contributed by atoms with Crippen molar-refractivity contribution in [3.05, 3.63) is 35.9 Å². The molecule has 1 aromatic carbocycles. The Morgan fingerprint density at radius 3 is 2.38 bits per heavy atom. The molecule has 0 saturated carbocycles. The van der Waals surface area contributed by atoms with E-state index in [0.29, 0.717) is 18.7 Å². The normalized spacial score (nSPS) is 16.9. The van der Waals surface area contributed by atoms with E-state index in [1.54, 1.807) is 29.2 Å². The summed E-state index contributed by atoms with van der Waals surface area (Å²) in [4.78, 5) is 26.3. The Labute approximate surface area is 124 Å². The van der Waals surface area contributed by atoms with Gasteiger partial charge >= 0.3 is 5.97 Å². The molecule has 0 aliphatic carbocycles. The van der Waals surface area contributed by atoms with Crippen molar-refractivity contribution in [3.63, 3.8) is 0 Å². The second-order valence-corrected chi connectivity index (χ2v) is 5.05. The van der Waals surface area contributed by atoms with Crippen LogP contribution < -0.4 is 0 Å². The van der Waals surface area contributed by atoms with Crippen LogP contribution in [0.2, 0.25) is 0 Å². The molecular formula is C16H18N2O3. The third-order valence-corrected chi connectivity index (χ3v) is 3.77. The van der Waals surface area contributed by atoms with E-state index in [0.717, 1.165) is 12.8 Å². The molecule has 2 unspecified atom stereocenters. The molecule has 1 aliphatic rings. The van der Waals surface area contributed by atoms with Gasteiger partial charge in [-0.15, -0.1) is 0 Å². The Hall–Kier alpha value is -2.35. The summed E-state index contributed by atoms with van der Waals surface area (Å²) in [6, 6.07) is 10.9. The van der Waals surface area contributed by atoms with E-state index in [-0.39, 0.29) is 5.91 Å². The van der Waals surface area contributed by atoms with E-state index in [1.165, 1.54) is 7.11 Å². The Kier molecular flexibility index (Phi) is 4.94.